The molecule has 26 heteroatoms. The number of fused-ring (bicyclic) bond motifs is 7. The summed E-state index contributed by atoms with van der Waals surface area (Å²) in [6.07, 6.45) is -29.4. The molecule has 5 aliphatic carbocycles. The van der Waals surface area contributed by atoms with Crippen LogP contribution in [0.15, 0.2) is 34.9 Å². The predicted octanol–water partition coefficient (Wildman–Crippen LogP) is -0.245. The van der Waals surface area contributed by atoms with Crippen molar-refractivity contribution in [3.8, 4) is 0 Å². The SMILES string of the molecule is C/C=C(/C)C(=O)O[C@H]1[C@H](OC(=O)/C(C)=C\C)[C@]2(CO)[C@H](O)C[C@]3(C)C(=CC[C@@H]4[C@@]5(C)CC[C@H](O[C@@H]6O[C@H](C(=O)O)[C@@H](O[C@@H]7O[C@@H](CO)[C@H](O)[C@H]7O)[C@H](O[C@@H]7OC[C@H](O)[C@H](O)[C@H]7O)[C@H]6O[C@@H]6O[C@H](CO)[C@H](O)[C@H](O)[C@H]6O)C(C)(C)[C@@H]5CC[C@]43C)[C@@H]2CC1(C)C. The topological polar surface area (TPSA) is 407 Å². The van der Waals surface area contributed by atoms with E-state index in [0.717, 1.165) is 5.57 Å². The number of carboxylic acids is 1. The van der Waals surface area contributed by atoms with Crippen LogP contribution < -0.4 is 0 Å². The molecule has 8 fully saturated rings. The van der Waals surface area contributed by atoms with Crippen LogP contribution in [0.4, 0.5) is 0 Å². The summed E-state index contributed by atoms with van der Waals surface area (Å²) in [5.41, 5.74) is -3.09. The first kappa shape index (κ1) is 69.2. The van der Waals surface area contributed by atoms with E-state index in [4.69, 9.17) is 47.4 Å². The highest BCUT2D eigenvalue weighted by Gasteiger charge is 2.74. The molecule has 0 aromatic heterocycles. The van der Waals surface area contributed by atoms with Crippen molar-refractivity contribution in [2.75, 3.05) is 26.4 Å². The van der Waals surface area contributed by atoms with Gasteiger partial charge in [-0.1, -0.05) is 72.3 Å². The fourth-order valence-electron chi connectivity index (χ4n) is 17.4. The van der Waals surface area contributed by atoms with Gasteiger partial charge in [0.25, 0.3) is 0 Å². The van der Waals surface area contributed by atoms with Crippen LogP contribution >= 0.6 is 0 Å². The van der Waals surface area contributed by atoms with E-state index in [9.17, 15) is 80.8 Å². The molecule has 0 spiro atoms. The first-order valence-corrected chi connectivity index (χ1v) is 31.0. The molecular weight excluding hydrogens is 1160 g/mol. The van der Waals surface area contributed by atoms with E-state index in [1.807, 2.05) is 27.7 Å². The van der Waals surface area contributed by atoms with E-state index in [1.165, 1.54) is 0 Å². The third kappa shape index (κ3) is 11.4. The van der Waals surface area contributed by atoms with E-state index >= 15 is 0 Å². The quantitative estimate of drug-likeness (QED) is 0.0410. The number of allylic oxidation sites excluding steroid dienone is 4. The maximum Gasteiger partial charge on any atom is 0.335 e. The van der Waals surface area contributed by atoms with Crippen molar-refractivity contribution < 1.29 is 128 Å². The zero-order valence-electron chi connectivity index (χ0n) is 52.1. The fourth-order valence-corrected chi connectivity index (χ4v) is 17.4. The molecular formula is C62H96O26. The molecule has 0 bridgehead atoms. The molecule has 0 aromatic rings. The van der Waals surface area contributed by atoms with Crippen molar-refractivity contribution in [1.29, 1.82) is 0 Å². The normalized spacial score (nSPS) is 49.3. The number of esters is 2. The smallest absolute Gasteiger partial charge is 0.335 e. The van der Waals surface area contributed by atoms with Gasteiger partial charge in [0.1, 0.15) is 85.5 Å². The number of rotatable bonds is 16. The lowest BCUT2D eigenvalue weighted by molar-refractivity contribution is -0.401. The molecule has 0 amide bonds. The molecule has 29 atom stereocenters. The lowest BCUT2D eigenvalue weighted by atomic mass is 9.33. The Bertz CT molecular complexity index is 2630. The highest BCUT2D eigenvalue weighted by Crippen LogP contribution is 2.76. The third-order valence-electron chi connectivity index (χ3n) is 23.0. The van der Waals surface area contributed by atoms with E-state index < -0.39 is 218 Å². The summed E-state index contributed by atoms with van der Waals surface area (Å²) in [6, 6.07) is 0. The van der Waals surface area contributed by atoms with Crippen LogP contribution in [-0.2, 0) is 61.8 Å². The van der Waals surface area contributed by atoms with Crippen molar-refractivity contribution in [1.82, 2.24) is 0 Å². The lowest BCUT2D eigenvalue weighted by Crippen LogP contribution is -2.72. The fraction of sp³-hybridized carbons (Fsp3) is 0.855. The molecule has 4 saturated heterocycles. The summed E-state index contributed by atoms with van der Waals surface area (Å²) in [6.45, 7) is 18.5. The average molecular weight is 1260 g/mol. The van der Waals surface area contributed by atoms with Gasteiger partial charge in [0.2, 0.25) is 0 Å². The van der Waals surface area contributed by atoms with Crippen molar-refractivity contribution in [3.63, 3.8) is 0 Å². The predicted molar refractivity (Wildman–Crippen MR) is 302 cm³/mol. The minimum absolute atomic E-state index is 0.0326. The summed E-state index contributed by atoms with van der Waals surface area (Å²) >= 11 is 0. The van der Waals surface area contributed by atoms with Crippen LogP contribution in [0.25, 0.3) is 0 Å². The van der Waals surface area contributed by atoms with Crippen molar-refractivity contribution in [2.45, 2.75) is 256 Å². The molecule has 4 heterocycles. The third-order valence-corrected chi connectivity index (χ3v) is 23.0. The van der Waals surface area contributed by atoms with E-state index in [0.29, 0.717) is 49.7 Å². The number of carbonyl (C=O) groups excluding carboxylic acids is 2. The minimum Gasteiger partial charge on any atom is -0.479 e. The first-order valence-electron chi connectivity index (χ1n) is 31.0. The second kappa shape index (κ2) is 25.6. The van der Waals surface area contributed by atoms with E-state index in [-0.39, 0.29) is 18.3 Å². The van der Waals surface area contributed by atoms with Gasteiger partial charge in [-0.05, 0) is 112 Å². The Balaban J connectivity index is 1.07. The van der Waals surface area contributed by atoms with Gasteiger partial charge in [-0.25, -0.2) is 14.4 Å². The minimum atomic E-state index is -2.16. The van der Waals surface area contributed by atoms with Crippen LogP contribution in [0.3, 0.4) is 0 Å². The number of carboxylic acid groups (broad SMARTS) is 1. The molecule has 4 aliphatic heterocycles. The Morgan fingerprint density at radius 1 is 0.614 bits per heavy atom. The second-order valence-electron chi connectivity index (χ2n) is 28.3. The van der Waals surface area contributed by atoms with Crippen molar-refractivity contribution in [2.24, 2.45) is 50.2 Å². The molecule has 500 valence electrons. The number of aliphatic carboxylic acids is 1. The molecule has 0 aromatic carbocycles. The van der Waals surface area contributed by atoms with Gasteiger partial charge in [0.15, 0.2) is 37.4 Å². The van der Waals surface area contributed by atoms with Crippen LogP contribution in [0.2, 0.25) is 0 Å². The Hall–Kier alpha value is -3.17. The maximum absolute atomic E-state index is 13.9. The zero-order valence-corrected chi connectivity index (χ0v) is 52.1. The number of ether oxygens (including phenoxy) is 10. The zero-order chi connectivity index (χ0) is 64.9. The van der Waals surface area contributed by atoms with E-state index in [2.05, 4.69) is 26.8 Å². The Labute approximate surface area is 512 Å². The number of hydrogen-bond acceptors (Lipinski definition) is 25. The molecule has 0 radical (unpaired) electrons. The van der Waals surface area contributed by atoms with Crippen LogP contribution in [0.1, 0.15) is 121 Å². The molecule has 13 N–H and O–H groups in total. The first-order chi connectivity index (χ1) is 41.2. The van der Waals surface area contributed by atoms with Crippen LogP contribution in [0.5, 0.6) is 0 Å². The highest BCUT2D eigenvalue weighted by atomic mass is 16.8. The molecule has 88 heavy (non-hydrogen) atoms. The van der Waals surface area contributed by atoms with Crippen LogP contribution in [-0.4, -0.2) is 246 Å². The van der Waals surface area contributed by atoms with Gasteiger partial charge in [-0.15, -0.1) is 0 Å². The van der Waals surface area contributed by atoms with Crippen LogP contribution in [0, 0.1) is 50.2 Å². The number of carbonyl (C=O) groups is 3. The standard InChI is InChI=1S/C62H96O26/c1-12-26(3)51(77)87-48-49(88-52(78)27(4)13-2)62(25-65)29(20-57(48,5)6)28-14-15-34-59(9)18-17-36(58(7,8)33(59)16-19-60(34,10)61(28,11)21-35(62)67)82-56-47(86-55-43(74)40(71)38(69)31(22-63)80-55)45(83-53-41(72)37(68)30(66)24-79-53)44(46(85-56)50(75)76)84-54-42(73)39(70)32(23-64)81-54/h12-14,29-49,53-56,63-74H,15-25H2,1-11H3,(H,75,76)/b26-12-,27-13-/t29-,30-,31+,32-,33-,34+,35+,36-,37-,38-,39-,40-,41+,42+,43+,44-,45-,46-,47+,48-,49-,53-,54-,55-,56+,59-,60+,61+,62-/m0/s1. The summed E-state index contributed by atoms with van der Waals surface area (Å²) in [4.78, 5) is 41.2. The summed E-state index contributed by atoms with van der Waals surface area (Å²) in [5, 5.41) is 144. The van der Waals surface area contributed by atoms with Gasteiger partial charge >= 0.3 is 17.9 Å². The van der Waals surface area contributed by atoms with Crippen molar-refractivity contribution >= 4 is 17.9 Å². The molecule has 4 saturated carbocycles. The summed E-state index contributed by atoms with van der Waals surface area (Å²) < 4.78 is 62.1. The van der Waals surface area contributed by atoms with E-state index in [1.54, 1.807) is 39.8 Å². The van der Waals surface area contributed by atoms with Gasteiger partial charge in [-0.3, -0.25) is 0 Å². The van der Waals surface area contributed by atoms with Gasteiger partial charge in [-0.2, -0.15) is 0 Å². The largest absolute Gasteiger partial charge is 0.479 e. The lowest BCUT2D eigenvalue weighted by Gasteiger charge is -2.72. The summed E-state index contributed by atoms with van der Waals surface area (Å²) in [5.74, 6) is -3.67. The highest BCUT2D eigenvalue weighted by molar-refractivity contribution is 5.89. The second-order valence-corrected chi connectivity index (χ2v) is 28.3. The van der Waals surface area contributed by atoms with Gasteiger partial charge < -0.3 is 114 Å². The number of hydrogen-bond donors (Lipinski definition) is 13. The average Bonchev–Trinajstić information content (AvgIpc) is 0.728. The molecule has 26 nitrogen and oxygen atoms in total. The number of aliphatic hydroxyl groups excluding tert-OH is 12. The molecule has 9 rings (SSSR count). The number of aliphatic hydroxyl groups is 12. The Kier molecular flexibility index (Phi) is 20.1. The molecule has 9 aliphatic rings. The monoisotopic (exact) mass is 1260 g/mol. The maximum atomic E-state index is 13.9. The Morgan fingerprint density at radius 2 is 1.16 bits per heavy atom. The van der Waals surface area contributed by atoms with Gasteiger partial charge in [0.05, 0.1) is 44.1 Å². The van der Waals surface area contributed by atoms with Crippen molar-refractivity contribution in [3.05, 3.63) is 34.9 Å². The molecule has 0 unspecified atom stereocenters. The summed E-state index contributed by atoms with van der Waals surface area (Å²) in [7, 11) is 0. The van der Waals surface area contributed by atoms with Gasteiger partial charge in [0, 0.05) is 16.6 Å². The Morgan fingerprint density at radius 3 is 1.73 bits per heavy atom.